The van der Waals surface area contributed by atoms with E-state index in [1.54, 1.807) is 11.3 Å². The van der Waals surface area contributed by atoms with Crippen LogP contribution >= 0.6 is 43.2 Å². The van der Waals surface area contributed by atoms with Crippen LogP contribution in [0, 0.1) is 11.3 Å². The first kappa shape index (κ1) is 15.6. The number of unbranched alkanes of at least 4 members (excludes halogenated alkanes) is 1. The highest BCUT2D eigenvalue weighted by Crippen LogP contribution is 2.51. The maximum atomic E-state index is 6.03. The Morgan fingerprint density at radius 1 is 1.21 bits per heavy atom. The maximum Gasteiger partial charge on any atom is 0.187 e. The predicted octanol–water partition coefficient (Wildman–Crippen LogP) is 5.88. The average Bonchev–Trinajstić information content (AvgIpc) is 2.54. The van der Waals surface area contributed by atoms with E-state index in [1.165, 1.54) is 19.3 Å². The molecule has 2 nitrogen and oxygen atoms in total. The number of ether oxygens (including phenoxy) is 2. The first-order valence-corrected chi connectivity index (χ1v) is 9.11. The molecule has 0 aromatic carbocycles. The standard InChI is InChI=1S/C14H20Br2O2S/c1-4-5-6-9(2)14(3)7-17-10-11(18-8-14)13(16)19-12(10)15/h9H,4-8H2,1-3H3. The molecule has 0 fully saturated rings. The van der Waals surface area contributed by atoms with Gasteiger partial charge in [-0.1, -0.05) is 33.6 Å². The molecule has 5 heteroatoms. The fraction of sp³-hybridized carbons (Fsp3) is 0.714. The molecule has 2 rings (SSSR count). The van der Waals surface area contributed by atoms with E-state index < -0.39 is 0 Å². The number of hydrogen-bond donors (Lipinski definition) is 0. The van der Waals surface area contributed by atoms with Crippen molar-refractivity contribution in [3.8, 4) is 11.5 Å². The molecule has 0 saturated carbocycles. The predicted molar refractivity (Wildman–Crippen MR) is 87.5 cm³/mol. The van der Waals surface area contributed by atoms with E-state index in [1.807, 2.05) is 0 Å². The van der Waals surface area contributed by atoms with Gasteiger partial charge in [0.1, 0.15) is 7.57 Å². The van der Waals surface area contributed by atoms with Gasteiger partial charge in [0.2, 0.25) is 0 Å². The van der Waals surface area contributed by atoms with E-state index in [9.17, 15) is 0 Å². The Labute approximate surface area is 136 Å². The van der Waals surface area contributed by atoms with Gasteiger partial charge in [0.05, 0.1) is 13.2 Å². The fourth-order valence-corrected chi connectivity index (χ4v) is 5.11. The summed E-state index contributed by atoms with van der Waals surface area (Å²) in [6.45, 7) is 8.25. The first-order valence-electron chi connectivity index (χ1n) is 6.71. The number of fused-ring (bicyclic) bond motifs is 1. The Morgan fingerprint density at radius 3 is 2.21 bits per heavy atom. The average molecular weight is 412 g/mol. The minimum atomic E-state index is 0.0741. The van der Waals surface area contributed by atoms with Gasteiger partial charge < -0.3 is 9.47 Å². The summed E-state index contributed by atoms with van der Waals surface area (Å²) in [7, 11) is 0. The van der Waals surface area contributed by atoms with Gasteiger partial charge in [-0.2, -0.15) is 0 Å². The molecule has 1 aliphatic rings. The van der Waals surface area contributed by atoms with Crippen molar-refractivity contribution in [2.24, 2.45) is 11.3 Å². The molecule has 2 heterocycles. The van der Waals surface area contributed by atoms with Gasteiger partial charge in [-0.3, -0.25) is 0 Å². The third-order valence-corrected chi connectivity index (χ3v) is 6.44. The van der Waals surface area contributed by atoms with E-state index in [2.05, 4.69) is 52.6 Å². The lowest BCUT2D eigenvalue weighted by molar-refractivity contribution is 0.0614. The van der Waals surface area contributed by atoms with Crippen molar-refractivity contribution in [3.63, 3.8) is 0 Å². The van der Waals surface area contributed by atoms with Crippen LogP contribution < -0.4 is 9.47 Å². The van der Waals surface area contributed by atoms with Crippen molar-refractivity contribution in [2.45, 2.75) is 40.0 Å². The fourth-order valence-electron chi connectivity index (χ4n) is 2.25. The van der Waals surface area contributed by atoms with Gasteiger partial charge in [-0.05, 0) is 44.2 Å². The molecule has 0 bridgehead atoms. The molecular weight excluding hydrogens is 392 g/mol. The molecule has 1 aromatic heterocycles. The molecule has 0 aliphatic carbocycles. The van der Waals surface area contributed by atoms with E-state index >= 15 is 0 Å². The summed E-state index contributed by atoms with van der Waals surface area (Å²) in [4.78, 5) is 0. The van der Waals surface area contributed by atoms with Crippen LogP contribution in [0.5, 0.6) is 11.5 Å². The highest BCUT2D eigenvalue weighted by molar-refractivity contribution is 9.12. The summed E-state index contributed by atoms with van der Waals surface area (Å²) in [5, 5.41) is 0. The zero-order valence-electron chi connectivity index (χ0n) is 11.6. The van der Waals surface area contributed by atoms with Crippen LogP contribution in [0.2, 0.25) is 0 Å². The summed E-state index contributed by atoms with van der Waals surface area (Å²) in [5.41, 5.74) is 0.0741. The number of thiophene rings is 1. The number of rotatable bonds is 4. The van der Waals surface area contributed by atoms with Crippen LogP contribution in [0.1, 0.15) is 40.0 Å². The van der Waals surface area contributed by atoms with Crippen LogP contribution in [0.3, 0.4) is 0 Å². The van der Waals surface area contributed by atoms with Gasteiger partial charge in [-0.25, -0.2) is 0 Å². The Hall–Kier alpha value is 0.260. The second kappa shape index (κ2) is 6.35. The zero-order chi connectivity index (χ0) is 14.0. The summed E-state index contributed by atoms with van der Waals surface area (Å²) in [5.74, 6) is 2.30. The van der Waals surface area contributed by atoms with Crippen molar-refractivity contribution in [1.29, 1.82) is 0 Å². The van der Waals surface area contributed by atoms with Crippen molar-refractivity contribution in [2.75, 3.05) is 13.2 Å². The molecule has 19 heavy (non-hydrogen) atoms. The highest BCUT2D eigenvalue weighted by Gasteiger charge is 2.37. The van der Waals surface area contributed by atoms with Crippen LogP contribution in [-0.4, -0.2) is 13.2 Å². The molecule has 0 saturated heterocycles. The Morgan fingerprint density at radius 2 is 1.74 bits per heavy atom. The van der Waals surface area contributed by atoms with Gasteiger partial charge in [0.15, 0.2) is 11.5 Å². The van der Waals surface area contributed by atoms with E-state index in [-0.39, 0.29) is 5.41 Å². The second-order valence-electron chi connectivity index (χ2n) is 5.58. The van der Waals surface area contributed by atoms with Crippen LogP contribution in [0.15, 0.2) is 7.57 Å². The molecule has 0 amide bonds. The van der Waals surface area contributed by atoms with Gasteiger partial charge in [0.25, 0.3) is 0 Å². The molecule has 1 aliphatic heterocycles. The molecule has 0 N–H and O–H groups in total. The van der Waals surface area contributed by atoms with E-state index in [0.717, 1.165) is 19.1 Å². The minimum absolute atomic E-state index is 0.0741. The van der Waals surface area contributed by atoms with E-state index in [0.29, 0.717) is 19.1 Å². The Kier molecular flexibility index (Phi) is 5.23. The molecule has 0 spiro atoms. The lowest BCUT2D eigenvalue weighted by Crippen LogP contribution is -2.36. The summed E-state index contributed by atoms with van der Waals surface area (Å²) >= 11 is 8.68. The lowest BCUT2D eigenvalue weighted by atomic mass is 9.77. The highest BCUT2D eigenvalue weighted by atomic mass is 79.9. The smallest absolute Gasteiger partial charge is 0.187 e. The molecule has 1 aromatic rings. The summed E-state index contributed by atoms with van der Waals surface area (Å²) in [6.07, 6.45) is 3.74. The van der Waals surface area contributed by atoms with E-state index in [4.69, 9.17) is 9.47 Å². The quantitative estimate of drug-likeness (QED) is 0.615. The minimum Gasteiger partial charge on any atom is -0.487 e. The van der Waals surface area contributed by atoms with Crippen molar-refractivity contribution < 1.29 is 9.47 Å². The first-order chi connectivity index (χ1) is 8.98. The second-order valence-corrected chi connectivity index (χ2v) is 9.24. The van der Waals surface area contributed by atoms with Gasteiger partial charge >= 0.3 is 0 Å². The molecule has 108 valence electrons. The SMILES string of the molecule is CCCCC(C)C1(C)COc2c(Br)sc(Br)c2OC1. The summed E-state index contributed by atoms with van der Waals surface area (Å²) < 4.78 is 14.1. The lowest BCUT2D eigenvalue weighted by Gasteiger charge is -2.33. The molecule has 1 unspecified atom stereocenters. The maximum absolute atomic E-state index is 6.03. The number of hydrogen-bond acceptors (Lipinski definition) is 3. The normalized spacial score (nSPS) is 19.0. The molecule has 0 radical (unpaired) electrons. The largest absolute Gasteiger partial charge is 0.487 e. The molecule has 1 atom stereocenters. The van der Waals surface area contributed by atoms with Crippen molar-refractivity contribution in [3.05, 3.63) is 7.57 Å². The Balaban J connectivity index is 2.12. The van der Waals surface area contributed by atoms with Crippen molar-refractivity contribution in [1.82, 2.24) is 0 Å². The molecular formula is C14H20Br2O2S. The zero-order valence-corrected chi connectivity index (χ0v) is 15.6. The monoisotopic (exact) mass is 410 g/mol. The van der Waals surface area contributed by atoms with Gasteiger partial charge in [-0.15, -0.1) is 11.3 Å². The summed E-state index contributed by atoms with van der Waals surface area (Å²) in [6, 6.07) is 0. The van der Waals surface area contributed by atoms with Gasteiger partial charge in [0, 0.05) is 5.41 Å². The topological polar surface area (TPSA) is 18.5 Å². The van der Waals surface area contributed by atoms with Crippen LogP contribution in [0.4, 0.5) is 0 Å². The third kappa shape index (κ3) is 3.30. The Bertz CT molecular complexity index is 416. The van der Waals surface area contributed by atoms with Crippen molar-refractivity contribution >= 4 is 43.2 Å². The number of halogens is 2. The van der Waals surface area contributed by atoms with Crippen LogP contribution in [0.25, 0.3) is 0 Å². The van der Waals surface area contributed by atoms with Crippen LogP contribution in [-0.2, 0) is 0 Å². The third-order valence-electron chi connectivity index (χ3n) is 4.02.